The molecule has 114 valence electrons. The van der Waals surface area contributed by atoms with E-state index >= 15 is 0 Å². The van der Waals surface area contributed by atoms with Crippen molar-refractivity contribution >= 4 is 11.0 Å². The Bertz CT molecular complexity index is 553. The molecule has 0 radical (unpaired) electrons. The maximum atomic E-state index is 5.97. The summed E-state index contributed by atoms with van der Waals surface area (Å²) in [5.74, 6) is 2.54. The molecule has 21 heavy (non-hydrogen) atoms. The third-order valence-electron chi connectivity index (χ3n) is 4.78. The predicted octanol–water partition coefficient (Wildman–Crippen LogP) is 3.45. The van der Waals surface area contributed by atoms with Gasteiger partial charge in [0, 0.05) is 24.5 Å². The van der Waals surface area contributed by atoms with Crippen molar-refractivity contribution in [3.8, 4) is 0 Å². The molecule has 0 spiro atoms. The second-order valence-corrected chi connectivity index (χ2v) is 6.88. The van der Waals surface area contributed by atoms with Gasteiger partial charge in [-0.15, -0.1) is 0 Å². The number of likely N-dealkylation sites (N-methyl/N-ethyl adjacent to an activating group) is 1. The first kappa shape index (κ1) is 14.6. The maximum Gasteiger partial charge on any atom is 0.134 e. The zero-order valence-electron chi connectivity index (χ0n) is 13.5. The average molecular weight is 286 g/mol. The third kappa shape index (κ3) is 2.99. The smallest absolute Gasteiger partial charge is 0.134 e. The van der Waals surface area contributed by atoms with Crippen LogP contribution in [0.1, 0.15) is 19.6 Å². The van der Waals surface area contributed by atoms with Crippen LogP contribution in [0.2, 0.25) is 0 Å². The quantitative estimate of drug-likeness (QED) is 0.858. The summed E-state index contributed by atoms with van der Waals surface area (Å²) in [5, 5.41) is 1.20. The molecular weight excluding hydrogens is 260 g/mol. The van der Waals surface area contributed by atoms with Crippen LogP contribution in [0, 0.1) is 11.8 Å². The fourth-order valence-electron chi connectivity index (χ4n) is 3.56. The Kier molecular flexibility index (Phi) is 4.05. The van der Waals surface area contributed by atoms with E-state index in [1.54, 1.807) is 0 Å². The second kappa shape index (κ2) is 5.82. The molecule has 0 bridgehead atoms. The van der Waals surface area contributed by atoms with Gasteiger partial charge in [0.05, 0.1) is 6.54 Å². The van der Waals surface area contributed by atoms with E-state index < -0.39 is 0 Å². The Morgan fingerprint density at radius 3 is 2.62 bits per heavy atom. The van der Waals surface area contributed by atoms with Crippen molar-refractivity contribution in [3.05, 3.63) is 36.1 Å². The molecular formula is C18H26N2O. The van der Waals surface area contributed by atoms with Crippen LogP contribution >= 0.6 is 0 Å². The van der Waals surface area contributed by atoms with Crippen LogP contribution in [0.5, 0.6) is 0 Å². The number of nitrogens with zero attached hydrogens (tertiary/aromatic N) is 2. The van der Waals surface area contributed by atoms with Gasteiger partial charge >= 0.3 is 0 Å². The number of para-hydroxylation sites is 1. The summed E-state index contributed by atoms with van der Waals surface area (Å²) in [6.45, 7) is 7.89. The Hall–Kier alpha value is -1.32. The van der Waals surface area contributed by atoms with Gasteiger partial charge in [0.2, 0.25) is 0 Å². The van der Waals surface area contributed by atoms with Gasteiger partial charge in [-0.05, 0) is 38.1 Å². The largest absolute Gasteiger partial charge is 0.460 e. The van der Waals surface area contributed by atoms with Crippen molar-refractivity contribution in [1.82, 2.24) is 9.80 Å². The second-order valence-electron chi connectivity index (χ2n) is 6.88. The SMILES string of the molecule is CC(C)[C@H]1CN(Cc2cc3ccccc3o2)C[C@@H]1N(C)C. The normalized spacial score (nSPS) is 23.7. The standard InChI is InChI=1S/C18H26N2O/c1-13(2)16-11-20(12-17(16)19(3)4)10-15-9-14-7-5-6-8-18(14)21-15/h5-9,13,16-17H,10-12H2,1-4H3/t16-,17+/m1/s1. The van der Waals surface area contributed by atoms with Crippen LogP contribution in [-0.4, -0.2) is 43.0 Å². The van der Waals surface area contributed by atoms with Crippen molar-refractivity contribution in [3.63, 3.8) is 0 Å². The minimum Gasteiger partial charge on any atom is -0.460 e. The van der Waals surface area contributed by atoms with E-state index in [0.29, 0.717) is 6.04 Å². The van der Waals surface area contributed by atoms with Crippen LogP contribution in [0.3, 0.4) is 0 Å². The fourth-order valence-corrected chi connectivity index (χ4v) is 3.56. The number of hydrogen-bond acceptors (Lipinski definition) is 3. The van der Waals surface area contributed by atoms with Crippen molar-refractivity contribution in [1.29, 1.82) is 0 Å². The van der Waals surface area contributed by atoms with Crippen molar-refractivity contribution < 1.29 is 4.42 Å². The Balaban J connectivity index is 1.73. The molecule has 0 N–H and O–H groups in total. The molecule has 1 saturated heterocycles. The molecule has 0 unspecified atom stereocenters. The van der Waals surface area contributed by atoms with Crippen molar-refractivity contribution in [2.75, 3.05) is 27.2 Å². The van der Waals surface area contributed by atoms with Crippen molar-refractivity contribution in [2.45, 2.75) is 26.4 Å². The Morgan fingerprint density at radius 2 is 2.00 bits per heavy atom. The average Bonchev–Trinajstić information content (AvgIpc) is 3.02. The molecule has 2 atom stereocenters. The van der Waals surface area contributed by atoms with Gasteiger partial charge in [0.1, 0.15) is 11.3 Å². The summed E-state index contributed by atoms with van der Waals surface area (Å²) < 4.78 is 5.97. The van der Waals surface area contributed by atoms with Gasteiger partial charge in [0.25, 0.3) is 0 Å². The van der Waals surface area contributed by atoms with Crippen LogP contribution in [-0.2, 0) is 6.54 Å². The maximum absolute atomic E-state index is 5.97. The lowest BCUT2D eigenvalue weighted by Gasteiger charge is -2.27. The molecule has 2 aromatic rings. The van der Waals surface area contributed by atoms with E-state index in [9.17, 15) is 0 Å². The fraction of sp³-hybridized carbons (Fsp3) is 0.556. The third-order valence-corrected chi connectivity index (χ3v) is 4.78. The Labute approximate surface area is 127 Å². The highest BCUT2D eigenvalue weighted by Crippen LogP contribution is 2.29. The minimum atomic E-state index is 0.648. The minimum absolute atomic E-state index is 0.648. The lowest BCUT2D eigenvalue weighted by Crippen LogP contribution is -2.37. The topological polar surface area (TPSA) is 19.6 Å². The van der Waals surface area contributed by atoms with Crippen LogP contribution in [0.25, 0.3) is 11.0 Å². The van der Waals surface area contributed by atoms with Crippen LogP contribution in [0.15, 0.2) is 34.7 Å². The molecule has 0 amide bonds. The Morgan fingerprint density at radius 1 is 1.24 bits per heavy atom. The van der Waals surface area contributed by atoms with E-state index in [2.05, 4.69) is 55.9 Å². The lowest BCUT2D eigenvalue weighted by atomic mass is 9.91. The van der Waals surface area contributed by atoms with E-state index in [4.69, 9.17) is 4.42 Å². The van der Waals surface area contributed by atoms with Crippen molar-refractivity contribution in [2.24, 2.45) is 11.8 Å². The summed E-state index contributed by atoms with van der Waals surface area (Å²) in [5.41, 5.74) is 0.997. The number of furan rings is 1. The van der Waals surface area contributed by atoms with Gasteiger partial charge < -0.3 is 9.32 Å². The van der Waals surface area contributed by atoms with E-state index in [1.165, 1.54) is 5.39 Å². The molecule has 3 rings (SSSR count). The number of hydrogen-bond donors (Lipinski definition) is 0. The molecule has 3 nitrogen and oxygen atoms in total. The van der Waals surface area contributed by atoms with Gasteiger partial charge in [0.15, 0.2) is 0 Å². The first-order valence-electron chi connectivity index (χ1n) is 7.91. The molecule has 0 saturated carbocycles. The highest BCUT2D eigenvalue weighted by Gasteiger charge is 2.35. The number of fused-ring (bicyclic) bond motifs is 1. The first-order chi connectivity index (χ1) is 10.0. The highest BCUT2D eigenvalue weighted by molar-refractivity contribution is 5.77. The van der Waals surface area contributed by atoms with E-state index in [0.717, 1.165) is 42.8 Å². The van der Waals surface area contributed by atoms with Gasteiger partial charge in [-0.2, -0.15) is 0 Å². The summed E-state index contributed by atoms with van der Waals surface area (Å²) in [4.78, 5) is 4.91. The molecule has 1 aliphatic heterocycles. The summed E-state index contributed by atoms with van der Waals surface area (Å²) in [6.07, 6.45) is 0. The monoisotopic (exact) mass is 286 g/mol. The lowest BCUT2D eigenvalue weighted by molar-refractivity contribution is 0.215. The first-order valence-corrected chi connectivity index (χ1v) is 7.91. The van der Waals surface area contributed by atoms with E-state index in [1.807, 2.05) is 12.1 Å². The zero-order valence-corrected chi connectivity index (χ0v) is 13.5. The number of benzene rings is 1. The van der Waals surface area contributed by atoms with Gasteiger partial charge in [-0.25, -0.2) is 0 Å². The molecule has 1 aromatic heterocycles. The molecule has 1 fully saturated rings. The summed E-state index contributed by atoms with van der Waals surface area (Å²) >= 11 is 0. The molecule has 0 aliphatic carbocycles. The molecule has 3 heteroatoms. The van der Waals surface area contributed by atoms with Gasteiger partial charge in [-0.1, -0.05) is 32.0 Å². The van der Waals surface area contributed by atoms with Crippen LogP contribution in [0.4, 0.5) is 0 Å². The molecule has 1 aliphatic rings. The van der Waals surface area contributed by atoms with Crippen LogP contribution < -0.4 is 0 Å². The zero-order chi connectivity index (χ0) is 15.0. The predicted molar refractivity (Wildman–Crippen MR) is 87.3 cm³/mol. The molecule has 1 aromatic carbocycles. The van der Waals surface area contributed by atoms with Gasteiger partial charge in [-0.3, -0.25) is 4.90 Å². The van der Waals surface area contributed by atoms with E-state index in [-0.39, 0.29) is 0 Å². The highest BCUT2D eigenvalue weighted by atomic mass is 16.3. The number of likely N-dealkylation sites (tertiary alicyclic amines) is 1. The summed E-state index contributed by atoms with van der Waals surface area (Å²) in [7, 11) is 4.40. The molecule has 2 heterocycles. The number of rotatable bonds is 4. The summed E-state index contributed by atoms with van der Waals surface area (Å²) in [6, 6.07) is 11.1.